The van der Waals surface area contributed by atoms with Gasteiger partial charge in [-0.25, -0.2) is 0 Å². The Bertz CT molecular complexity index is 548. The van der Waals surface area contributed by atoms with Gasteiger partial charge in [-0.05, 0) is 47.9 Å². The number of pyridine rings is 1. The third-order valence-electron chi connectivity index (χ3n) is 3.01. The van der Waals surface area contributed by atoms with E-state index in [1.54, 1.807) is 0 Å². The summed E-state index contributed by atoms with van der Waals surface area (Å²) in [5.41, 5.74) is 3.11. The molecule has 4 nitrogen and oxygen atoms in total. The highest BCUT2D eigenvalue weighted by Gasteiger charge is 1.98. The molecule has 0 aliphatic rings. The van der Waals surface area contributed by atoms with E-state index in [-0.39, 0.29) is 0 Å². The predicted molar refractivity (Wildman–Crippen MR) is 78.6 cm³/mol. The van der Waals surface area contributed by atoms with Crippen LogP contribution in [0.15, 0.2) is 47.8 Å². The number of aromatic nitrogens is 1. The lowest BCUT2D eigenvalue weighted by atomic mass is 10.2. The van der Waals surface area contributed by atoms with E-state index in [4.69, 9.17) is 9.94 Å². The Hall–Kier alpha value is -2.36. The second-order valence-corrected chi connectivity index (χ2v) is 4.42. The minimum absolute atomic E-state index is 0.589. The Morgan fingerprint density at radius 1 is 1.20 bits per heavy atom. The molecule has 4 heteroatoms. The van der Waals surface area contributed by atoms with Crippen LogP contribution < -0.4 is 4.74 Å². The fourth-order valence-corrected chi connectivity index (χ4v) is 1.80. The predicted octanol–water partition coefficient (Wildman–Crippen LogP) is 3.07. The lowest BCUT2D eigenvalue weighted by molar-refractivity contribution is 0.320. The molecule has 0 bridgehead atoms. The van der Waals surface area contributed by atoms with Crippen molar-refractivity contribution in [2.45, 2.75) is 19.8 Å². The molecule has 0 aliphatic heterocycles. The zero-order valence-electron chi connectivity index (χ0n) is 11.5. The zero-order chi connectivity index (χ0) is 14.2. The minimum Gasteiger partial charge on any atom is -0.493 e. The number of nitrogens with zero attached hydrogens (tertiary/aromatic N) is 2. The van der Waals surface area contributed by atoms with Crippen molar-refractivity contribution in [3.8, 4) is 5.75 Å². The number of rotatable bonds is 6. The van der Waals surface area contributed by atoms with Gasteiger partial charge in [0.2, 0.25) is 0 Å². The van der Waals surface area contributed by atoms with Crippen LogP contribution in [0.2, 0.25) is 0 Å². The molecule has 0 atom stereocenters. The molecule has 104 valence electrons. The molecule has 0 saturated carbocycles. The fraction of sp³-hybridized carbons (Fsp3) is 0.250. The molecule has 0 aliphatic carbocycles. The van der Waals surface area contributed by atoms with E-state index in [9.17, 15) is 0 Å². The van der Waals surface area contributed by atoms with E-state index in [1.807, 2.05) is 36.5 Å². The Morgan fingerprint density at radius 2 is 2.00 bits per heavy atom. The highest BCUT2D eigenvalue weighted by Crippen LogP contribution is 2.11. The number of aryl methyl sites for hydroxylation is 1. The van der Waals surface area contributed by atoms with E-state index in [0.29, 0.717) is 6.61 Å². The Kier molecular flexibility index (Phi) is 5.12. The van der Waals surface area contributed by atoms with Gasteiger partial charge in [-0.2, -0.15) is 0 Å². The van der Waals surface area contributed by atoms with Crippen LogP contribution in [0, 0.1) is 0 Å². The van der Waals surface area contributed by atoms with E-state index >= 15 is 0 Å². The number of ether oxygens (including phenoxy) is 1. The van der Waals surface area contributed by atoms with Crippen LogP contribution in [0.4, 0.5) is 0 Å². The molecule has 0 amide bonds. The van der Waals surface area contributed by atoms with Crippen LogP contribution in [-0.2, 0) is 12.8 Å². The SMILES string of the molecule is CCc1ccc(CCOc2ccc(C=NO)cc2)nc1. The molecule has 1 heterocycles. The van der Waals surface area contributed by atoms with Crippen molar-refractivity contribution in [1.29, 1.82) is 0 Å². The molecular formula is C16H18N2O2. The normalized spacial score (nSPS) is 10.8. The summed E-state index contributed by atoms with van der Waals surface area (Å²) >= 11 is 0. The first-order valence-corrected chi connectivity index (χ1v) is 6.66. The number of oxime groups is 1. The molecule has 0 unspecified atom stereocenters. The van der Waals surface area contributed by atoms with Gasteiger partial charge in [-0.15, -0.1) is 0 Å². The number of benzene rings is 1. The van der Waals surface area contributed by atoms with E-state index in [2.05, 4.69) is 23.1 Å². The summed E-state index contributed by atoms with van der Waals surface area (Å²) in [4.78, 5) is 4.39. The van der Waals surface area contributed by atoms with Gasteiger partial charge >= 0.3 is 0 Å². The van der Waals surface area contributed by atoms with Gasteiger partial charge in [-0.3, -0.25) is 4.98 Å². The van der Waals surface area contributed by atoms with Gasteiger partial charge in [0.05, 0.1) is 12.8 Å². The Labute approximate surface area is 118 Å². The number of hydrogen-bond donors (Lipinski definition) is 1. The zero-order valence-corrected chi connectivity index (χ0v) is 11.5. The van der Waals surface area contributed by atoms with Crippen molar-refractivity contribution in [2.75, 3.05) is 6.61 Å². The van der Waals surface area contributed by atoms with Crippen LogP contribution in [0.3, 0.4) is 0 Å². The smallest absolute Gasteiger partial charge is 0.119 e. The van der Waals surface area contributed by atoms with Crippen molar-refractivity contribution in [3.63, 3.8) is 0 Å². The van der Waals surface area contributed by atoms with Gasteiger partial charge in [0.15, 0.2) is 0 Å². The van der Waals surface area contributed by atoms with Crippen molar-refractivity contribution in [3.05, 3.63) is 59.4 Å². The summed E-state index contributed by atoms with van der Waals surface area (Å²) in [5.74, 6) is 0.797. The van der Waals surface area contributed by atoms with Crippen molar-refractivity contribution >= 4 is 6.21 Å². The van der Waals surface area contributed by atoms with Crippen molar-refractivity contribution in [2.24, 2.45) is 5.16 Å². The highest BCUT2D eigenvalue weighted by molar-refractivity contribution is 5.79. The van der Waals surface area contributed by atoms with Crippen LogP contribution in [0.5, 0.6) is 5.75 Å². The minimum atomic E-state index is 0.589. The molecule has 1 aromatic heterocycles. The van der Waals surface area contributed by atoms with Crippen LogP contribution in [-0.4, -0.2) is 23.0 Å². The average Bonchev–Trinajstić information content (AvgIpc) is 2.50. The van der Waals surface area contributed by atoms with Crippen molar-refractivity contribution < 1.29 is 9.94 Å². The monoisotopic (exact) mass is 270 g/mol. The molecule has 0 fully saturated rings. The molecule has 1 aromatic carbocycles. The highest BCUT2D eigenvalue weighted by atomic mass is 16.5. The van der Waals surface area contributed by atoms with Crippen LogP contribution >= 0.6 is 0 Å². The van der Waals surface area contributed by atoms with Crippen LogP contribution in [0.1, 0.15) is 23.7 Å². The summed E-state index contributed by atoms with van der Waals surface area (Å²) < 4.78 is 5.65. The second-order valence-electron chi connectivity index (χ2n) is 4.42. The lowest BCUT2D eigenvalue weighted by Gasteiger charge is -2.06. The van der Waals surface area contributed by atoms with Gasteiger partial charge in [-0.1, -0.05) is 18.1 Å². The van der Waals surface area contributed by atoms with E-state index < -0.39 is 0 Å². The summed E-state index contributed by atoms with van der Waals surface area (Å²) in [6.07, 6.45) is 5.08. The first kappa shape index (κ1) is 14.1. The third kappa shape index (κ3) is 4.09. The lowest BCUT2D eigenvalue weighted by Crippen LogP contribution is -2.03. The van der Waals surface area contributed by atoms with Gasteiger partial charge in [0, 0.05) is 18.3 Å². The van der Waals surface area contributed by atoms with Gasteiger partial charge in [0.1, 0.15) is 5.75 Å². The molecular weight excluding hydrogens is 252 g/mol. The maximum absolute atomic E-state index is 8.43. The quantitative estimate of drug-likeness (QED) is 0.498. The van der Waals surface area contributed by atoms with E-state index in [1.165, 1.54) is 11.8 Å². The summed E-state index contributed by atoms with van der Waals surface area (Å²) in [6, 6.07) is 11.5. The largest absolute Gasteiger partial charge is 0.493 e. The maximum Gasteiger partial charge on any atom is 0.119 e. The molecule has 20 heavy (non-hydrogen) atoms. The van der Waals surface area contributed by atoms with Gasteiger partial charge in [0.25, 0.3) is 0 Å². The standard InChI is InChI=1S/C16H18N2O2/c1-2-13-3-6-15(17-11-13)9-10-20-16-7-4-14(5-8-16)12-18-19/h3-8,11-12,19H,2,9-10H2,1H3. The summed E-state index contributed by atoms with van der Waals surface area (Å²) in [7, 11) is 0. The Morgan fingerprint density at radius 3 is 2.60 bits per heavy atom. The first-order chi connectivity index (χ1) is 9.81. The van der Waals surface area contributed by atoms with Gasteiger partial charge < -0.3 is 9.94 Å². The third-order valence-corrected chi connectivity index (χ3v) is 3.01. The molecule has 0 radical (unpaired) electrons. The number of hydrogen-bond acceptors (Lipinski definition) is 4. The van der Waals surface area contributed by atoms with Crippen LogP contribution in [0.25, 0.3) is 0 Å². The second kappa shape index (κ2) is 7.28. The first-order valence-electron chi connectivity index (χ1n) is 6.66. The van der Waals surface area contributed by atoms with Crippen molar-refractivity contribution in [1.82, 2.24) is 4.98 Å². The maximum atomic E-state index is 8.43. The molecule has 2 aromatic rings. The molecule has 2 rings (SSSR count). The van der Waals surface area contributed by atoms with E-state index in [0.717, 1.165) is 29.8 Å². The fourth-order valence-electron chi connectivity index (χ4n) is 1.80. The molecule has 0 saturated heterocycles. The Balaban J connectivity index is 1.82. The molecule has 1 N–H and O–H groups in total. The topological polar surface area (TPSA) is 54.7 Å². The summed E-state index contributed by atoms with van der Waals surface area (Å²) in [5, 5.41) is 11.4. The molecule has 0 spiro atoms. The summed E-state index contributed by atoms with van der Waals surface area (Å²) in [6.45, 7) is 2.71. The average molecular weight is 270 g/mol.